The Kier molecular flexibility index (Phi) is 5.85. The van der Waals surface area contributed by atoms with E-state index in [1.165, 1.54) is 0 Å². The molecule has 1 saturated heterocycles. The normalized spacial score (nSPS) is 25.6. The molecule has 0 bridgehead atoms. The zero-order chi connectivity index (χ0) is 20.6. The van der Waals surface area contributed by atoms with Crippen LogP contribution in [0, 0.1) is 27.7 Å². The van der Waals surface area contributed by atoms with E-state index in [9.17, 15) is 9.67 Å². The van der Waals surface area contributed by atoms with Gasteiger partial charge in [0.15, 0.2) is 0 Å². The number of aromatic hydroxyl groups is 1. The molecule has 0 amide bonds. The smallest absolute Gasteiger partial charge is 0.340 e. The Morgan fingerprint density at radius 1 is 1.11 bits per heavy atom. The van der Waals surface area contributed by atoms with Crippen LogP contribution in [0.3, 0.4) is 0 Å². The Labute approximate surface area is 166 Å². The van der Waals surface area contributed by atoms with Crippen molar-refractivity contribution in [2.24, 2.45) is 0 Å². The van der Waals surface area contributed by atoms with E-state index in [0.29, 0.717) is 6.54 Å². The Bertz CT molecular complexity index is 894. The van der Waals surface area contributed by atoms with Gasteiger partial charge in [-0.1, -0.05) is 12.1 Å². The van der Waals surface area contributed by atoms with Gasteiger partial charge in [0.2, 0.25) is 0 Å². The summed E-state index contributed by atoms with van der Waals surface area (Å²) in [5.74, 6) is 0.252. The Morgan fingerprint density at radius 3 is 2.21 bits per heavy atom. The number of anilines is 1. The summed E-state index contributed by atoms with van der Waals surface area (Å²) in [6.07, 6.45) is -0.481. The first kappa shape index (κ1) is 20.8. The number of benzene rings is 1. The van der Waals surface area contributed by atoms with Crippen LogP contribution in [-0.2, 0) is 13.6 Å². The standard InChI is InChI=1S/C21H29N2O4P/c1-12-9-18(10-13(2)21(12)24)20(28(25)26-16(5)17(6)27-28)11-22-19-8-7-14(3)23-15(19)4/h7-10,16-17,20,22,24H,11H2,1-6H3/t16-,17+,20?,28?. The van der Waals surface area contributed by atoms with E-state index >= 15 is 0 Å². The number of aryl methyl sites for hydroxylation is 4. The number of hydrogen-bond donors (Lipinski definition) is 2. The predicted octanol–water partition coefficient (Wildman–Crippen LogP) is 5.19. The number of nitrogens with one attached hydrogen (secondary N) is 1. The molecule has 0 spiro atoms. The van der Waals surface area contributed by atoms with Gasteiger partial charge < -0.3 is 19.5 Å². The SMILES string of the molecule is Cc1ccc(NCC(c2cc(C)c(O)c(C)c2)P2(=O)O[C@@H](C)[C@@H](C)O2)c(C)n1. The predicted molar refractivity (Wildman–Crippen MR) is 111 cm³/mol. The summed E-state index contributed by atoms with van der Waals surface area (Å²) in [4.78, 5) is 4.48. The van der Waals surface area contributed by atoms with Crippen LogP contribution in [0.5, 0.6) is 5.75 Å². The summed E-state index contributed by atoms with van der Waals surface area (Å²) >= 11 is 0. The van der Waals surface area contributed by atoms with Gasteiger partial charge in [0, 0.05) is 12.2 Å². The van der Waals surface area contributed by atoms with E-state index in [4.69, 9.17) is 9.05 Å². The van der Waals surface area contributed by atoms with E-state index in [-0.39, 0.29) is 18.0 Å². The molecule has 6 nitrogen and oxygen atoms in total. The molecule has 1 aromatic carbocycles. The second-order valence-electron chi connectivity index (χ2n) is 7.65. The Hall–Kier alpha value is -1.88. The summed E-state index contributed by atoms with van der Waals surface area (Å²) in [6, 6.07) is 7.62. The maximum Gasteiger partial charge on any atom is 0.340 e. The van der Waals surface area contributed by atoms with Crippen LogP contribution >= 0.6 is 7.60 Å². The molecule has 2 heterocycles. The van der Waals surface area contributed by atoms with Crippen LogP contribution in [0.4, 0.5) is 5.69 Å². The van der Waals surface area contributed by atoms with E-state index in [1.807, 2.05) is 65.8 Å². The molecule has 1 fully saturated rings. The van der Waals surface area contributed by atoms with Crippen LogP contribution in [0.1, 0.15) is 47.6 Å². The third kappa shape index (κ3) is 4.09. The highest BCUT2D eigenvalue weighted by atomic mass is 31.2. The monoisotopic (exact) mass is 404 g/mol. The third-order valence-electron chi connectivity index (χ3n) is 5.28. The molecule has 1 aromatic heterocycles. The first-order valence-corrected chi connectivity index (χ1v) is 11.2. The van der Waals surface area contributed by atoms with Gasteiger partial charge in [0.1, 0.15) is 11.4 Å². The zero-order valence-corrected chi connectivity index (χ0v) is 18.2. The zero-order valence-electron chi connectivity index (χ0n) is 17.3. The largest absolute Gasteiger partial charge is 0.507 e. The fourth-order valence-electron chi connectivity index (χ4n) is 3.48. The fraction of sp³-hybridized carbons (Fsp3) is 0.476. The van der Waals surface area contributed by atoms with Gasteiger partial charge in [-0.15, -0.1) is 0 Å². The van der Waals surface area contributed by atoms with Crippen molar-refractivity contribution in [3.63, 3.8) is 0 Å². The highest BCUT2D eigenvalue weighted by Gasteiger charge is 2.47. The number of rotatable bonds is 5. The van der Waals surface area contributed by atoms with Crippen LogP contribution in [0.25, 0.3) is 0 Å². The molecule has 1 aliphatic rings. The van der Waals surface area contributed by atoms with Gasteiger partial charge in [-0.05, 0) is 70.4 Å². The lowest BCUT2D eigenvalue weighted by atomic mass is 10.0. The highest BCUT2D eigenvalue weighted by Crippen LogP contribution is 2.66. The molecule has 0 saturated carbocycles. The summed E-state index contributed by atoms with van der Waals surface area (Å²) in [5.41, 5.74) is 4.50. The van der Waals surface area contributed by atoms with Crippen molar-refractivity contribution in [1.82, 2.24) is 4.98 Å². The van der Waals surface area contributed by atoms with Gasteiger partial charge in [0.05, 0.1) is 23.6 Å². The number of pyridine rings is 1. The quantitative estimate of drug-likeness (QED) is 0.668. The minimum Gasteiger partial charge on any atom is -0.507 e. The molecule has 3 rings (SSSR count). The fourth-order valence-corrected chi connectivity index (χ4v) is 5.92. The van der Waals surface area contributed by atoms with Crippen molar-refractivity contribution in [1.29, 1.82) is 0 Å². The average molecular weight is 404 g/mol. The highest BCUT2D eigenvalue weighted by molar-refractivity contribution is 7.54. The minimum atomic E-state index is -3.40. The van der Waals surface area contributed by atoms with Crippen molar-refractivity contribution < 1.29 is 18.7 Å². The summed E-state index contributed by atoms with van der Waals surface area (Å²) in [6.45, 7) is 11.7. The number of phenolic OH excluding ortho intramolecular Hbond substituents is 1. The van der Waals surface area contributed by atoms with Gasteiger partial charge in [-0.2, -0.15) is 0 Å². The van der Waals surface area contributed by atoms with Crippen LogP contribution in [0.15, 0.2) is 24.3 Å². The van der Waals surface area contributed by atoms with Crippen molar-refractivity contribution in [3.05, 3.63) is 52.3 Å². The third-order valence-corrected chi connectivity index (χ3v) is 7.78. The van der Waals surface area contributed by atoms with Crippen molar-refractivity contribution >= 4 is 13.3 Å². The van der Waals surface area contributed by atoms with Gasteiger partial charge in [0.25, 0.3) is 0 Å². The van der Waals surface area contributed by atoms with Crippen LogP contribution in [-0.4, -0.2) is 28.8 Å². The number of hydrogen-bond acceptors (Lipinski definition) is 6. The molecule has 2 unspecified atom stereocenters. The number of phenols is 1. The van der Waals surface area contributed by atoms with Gasteiger partial charge in [-0.25, -0.2) is 0 Å². The van der Waals surface area contributed by atoms with Crippen molar-refractivity contribution in [2.75, 3.05) is 11.9 Å². The average Bonchev–Trinajstić information content (AvgIpc) is 2.87. The van der Waals surface area contributed by atoms with Crippen molar-refractivity contribution in [3.8, 4) is 5.75 Å². The topological polar surface area (TPSA) is 80.7 Å². The maximum absolute atomic E-state index is 13.6. The van der Waals surface area contributed by atoms with E-state index in [0.717, 1.165) is 33.8 Å². The lowest BCUT2D eigenvalue weighted by molar-refractivity contribution is 0.187. The molecule has 0 aliphatic carbocycles. The van der Waals surface area contributed by atoms with E-state index in [2.05, 4.69) is 10.3 Å². The minimum absolute atomic E-state index is 0.240. The Balaban J connectivity index is 1.96. The molecule has 7 heteroatoms. The second-order valence-corrected chi connectivity index (χ2v) is 9.77. The second kappa shape index (κ2) is 7.86. The number of nitrogens with zero attached hydrogens (tertiary/aromatic N) is 1. The molecular formula is C21H29N2O4P. The van der Waals surface area contributed by atoms with Gasteiger partial charge >= 0.3 is 7.60 Å². The first-order valence-electron chi connectivity index (χ1n) is 9.55. The molecular weight excluding hydrogens is 375 g/mol. The number of aromatic nitrogens is 1. The Morgan fingerprint density at radius 2 is 1.68 bits per heavy atom. The molecule has 4 atom stereocenters. The van der Waals surface area contributed by atoms with Crippen LogP contribution in [0.2, 0.25) is 0 Å². The summed E-state index contributed by atoms with van der Waals surface area (Å²) in [7, 11) is -3.40. The lowest BCUT2D eigenvalue weighted by Gasteiger charge is -2.25. The molecule has 0 radical (unpaired) electrons. The van der Waals surface area contributed by atoms with Gasteiger partial charge in [-0.3, -0.25) is 9.55 Å². The van der Waals surface area contributed by atoms with Crippen LogP contribution < -0.4 is 5.32 Å². The molecule has 2 aromatic rings. The van der Waals surface area contributed by atoms with E-state index < -0.39 is 13.3 Å². The lowest BCUT2D eigenvalue weighted by Crippen LogP contribution is -2.15. The summed E-state index contributed by atoms with van der Waals surface area (Å²) < 4.78 is 25.3. The van der Waals surface area contributed by atoms with E-state index in [1.54, 1.807) is 0 Å². The summed E-state index contributed by atoms with van der Waals surface area (Å²) in [5, 5.41) is 13.5. The maximum atomic E-state index is 13.6. The molecule has 28 heavy (non-hydrogen) atoms. The first-order chi connectivity index (χ1) is 13.1. The molecule has 1 aliphatic heterocycles. The molecule has 152 valence electrons. The van der Waals surface area contributed by atoms with Crippen molar-refractivity contribution in [2.45, 2.75) is 59.4 Å². The molecule has 2 N–H and O–H groups in total.